The van der Waals surface area contributed by atoms with Gasteiger partial charge in [-0.3, -0.25) is 0 Å². The van der Waals surface area contributed by atoms with Crippen molar-refractivity contribution in [2.75, 3.05) is 0 Å². The van der Waals surface area contributed by atoms with E-state index in [9.17, 15) is 0 Å². The van der Waals surface area contributed by atoms with Gasteiger partial charge in [0.2, 0.25) is 0 Å². The summed E-state index contributed by atoms with van der Waals surface area (Å²) in [5.74, 6) is 0. The van der Waals surface area contributed by atoms with Crippen LogP contribution in [0.4, 0.5) is 0 Å². The highest BCUT2D eigenvalue weighted by Crippen LogP contribution is 2.40. The van der Waals surface area contributed by atoms with Gasteiger partial charge in [0.15, 0.2) is 16.6 Å². The van der Waals surface area contributed by atoms with E-state index in [1.54, 1.807) is 0 Å². The number of hydrogen-bond donors (Lipinski definition) is 0. The molecule has 0 spiro atoms. The third kappa shape index (κ3) is 6.05. The fourth-order valence-electron chi connectivity index (χ4n) is 2.05. The van der Waals surface area contributed by atoms with Crippen LogP contribution in [0.1, 0.15) is 65.7 Å². The summed E-state index contributed by atoms with van der Waals surface area (Å²) in [6.07, 6.45) is 0.135. The second-order valence-corrected chi connectivity index (χ2v) is 19.9. The number of rotatable bonds is 6. The summed E-state index contributed by atoms with van der Waals surface area (Å²) in [5.41, 5.74) is 2.49. The van der Waals surface area contributed by atoms with E-state index in [4.69, 9.17) is 8.85 Å². The maximum Gasteiger partial charge on any atom is 0.192 e. The van der Waals surface area contributed by atoms with Crippen molar-refractivity contribution in [3.8, 4) is 0 Å². The molecule has 0 aliphatic heterocycles. The summed E-state index contributed by atoms with van der Waals surface area (Å²) in [6, 6.07) is 8.77. The second-order valence-electron chi connectivity index (χ2n) is 10.3. The molecule has 1 aromatic rings. The first-order chi connectivity index (χ1) is 11.1. The molecule has 0 saturated heterocycles. The van der Waals surface area contributed by atoms with Crippen LogP contribution in [0.15, 0.2) is 24.3 Å². The fraction of sp³-hybridized carbons (Fsp3) is 0.714. The van der Waals surface area contributed by atoms with Crippen molar-refractivity contribution in [2.45, 2.75) is 97.4 Å². The predicted molar refractivity (Wildman–Crippen MR) is 115 cm³/mol. The molecule has 0 aliphatic rings. The summed E-state index contributed by atoms with van der Waals surface area (Å²) >= 11 is 0. The summed E-state index contributed by atoms with van der Waals surface area (Å²) in [7, 11) is -3.44. The average Bonchev–Trinajstić information content (AvgIpc) is 2.42. The van der Waals surface area contributed by atoms with Crippen molar-refractivity contribution < 1.29 is 8.85 Å². The van der Waals surface area contributed by atoms with Gasteiger partial charge in [-0.2, -0.15) is 0 Å². The predicted octanol–water partition coefficient (Wildman–Crippen LogP) is 7.29. The molecule has 0 aliphatic carbocycles. The second kappa shape index (κ2) is 7.67. The lowest BCUT2D eigenvalue weighted by molar-refractivity contribution is 0.203. The quantitative estimate of drug-likeness (QED) is 0.482. The van der Waals surface area contributed by atoms with Crippen molar-refractivity contribution in [1.29, 1.82) is 0 Å². The van der Waals surface area contributed by atoms with Crippen molar-refractivity contribution >= 4 is 16.6 Å². The van der Waals surface area contributed by atoms with Crippen LogP contribution in [0.25, 0.3) is 0 Å². The van der Waals surface area contributed by atoms with Crippen LogP contribution >= 0.6 is 0 Å². The molecule has 25 heavy (non-hydrogen) atoms. The number of hydrogen-bond acceptors (Lipinski definition) is 2. The third-order valence-electron chi connectivity index (χ3n) is 6.13. The molecule has 4 heteroatoms. The molecule has 0 heterocycles. The molecule has 0 bridgehead atoms. The molecule has 1 unspecified atom stereocenters. The maximum atomic E-state index is 6.50. The first kappa shape index (κ1) is 22.6. The maximum absolute atomic E-state index is 6.50. The van der Waals surface area contributed by atoms with Gasteiger partial charge in [-0.05, 0) is 54.3 Å². The molecular weight excluding hydrogens is 340 g/mol. The van der Waals surface area contributed by atoms with Crippen LogP contribution in [0, 0.1) is 0 Å². The fourth-order valence-corrected chi connectivity index (χ4v) is 4.39. The van der Waals surface area contributed by atoms with E-state index >= 15 is 0 Å². The highest BCUT2D eigenvalue weighted by atomic mass is 28.4. The van der Waals surface area contributed by atoms with E-state index in [1.807, 2.05) is 0 Å². The minimum Gasteiger partial charge on any atom is -0.413 e. The van der Waals surface area contributed by atoms with Crippen LogP contribution in [-0.2, 0) is 15.5 Å². The van der Waals surface area contributed by atoms with Crippen LogP contribution in [0.5, 0.6) is 0 Å². The Morgan fingerprint density at radius 3 is 1.64 bits per heavy atom. The molecule has 1 rings (SSSR count). The van der Waals surface area contributed by atoms with E-state index in [0.29, 0.717) is 6.61 Å². The largest absolute Gasteiger partial charge is 0.413 e. The zero-order valence-corrected chi connectivity index (χ0v) is 20.4. The van der Waals surface area contributed by atoms with Gasteiger partial charge >= 0.3 is 0 Å². The Morgan fingerprint density at radius 1 is 0.800 bits per heavy atom. The van der Waals surface area contributed by atoms with Gasteiger partial charge in [0.05, 0.1) is 12.7 Å². The van der Waals surface area contributed by atoms with Crippen LogP contribution in [-0.4, -0.2) is 16.6 Å². The number of benzene rings is 1. The van der Waals surface area contributed by atoms with Gasteiger partial charge in [-0.1, -0.05) is 65.8 Å². The molecule has 1 aromatic carbocycles. The smallest absolute Gasteiger partial charge is 0.192 e. The molecule has 1 atom stereocenters. The van der Waals surface area contributed by atoms with Crippen LogP contribution in [0.3, 0.4) is 0 Å². The summed E-state index contributed by atoms with van der Waals surface area (Å²) in [4.78, 5) is 0. The van der Waals surface area contributed by atoms with Crippen LogP contribution in [0.2, 0.25) is 36.3 Å². The summed E-state index contributed by atoms with van der Waals surface area (Å²) in [6.45, 7) is 25.8. The van der Waals surface area contributed by atoms with Crippen molar-refractivity contribution in [3.63, 3.8) is 0 Å². The van der Waals surface area contributed by atoms with Gasteiger partial charge in [-0.15, -0.1) is 0 Å². The summed E-state index contributed by atoms with van der Waals surface area (Å²) in [5, 5.41) is 0.483. The van der Waals surface area contributed by atoms with Crippen molar-refractivity contribution in [2.24, 2.45) is 0 Å². The molecule has 0 radical (unpaired) electrons. The minimum atomic E-state index is -1.74. The lowest BCUT2D eigenvalue weighted by Crippen LogP contribution is -2.41. The normalized spacial score (nSPS) is 15.3. The zero-order chi connectivity index (χ0) is 19.7. The van der Waals surface area contributed by atoms with E-state index in [0.717, 1.165) is 0 Å². The average molecular weight is 381 g/mol. The lowest BCUT2D eigenvalue weighted by Gasteiger charge is -2.38. The van der Waals surface area contributed by atoms with E-state index in [-0.39, 0.29) is 16.2 Å². The first-order valence-corrected chi connectivity index (χ1v) is 15.3. The summed E-state index contributed by atoms with van der Waals surface area (Å²) < 4.78 is 12.8. The molecule has 0 saturated carbocycles. The Bertz CT molecular complexity index is 549. The van der Waals surface area contributed by atoms with E-state index in [2.05, 4.69) is 98.9 Å². The van der Waals surface area contributed by atoms with Gasteiger partial charge in [-0.25, -0.2) is 0 Å². The standard InChI is InChI=1S/C21H40O2Si2/c1-17(23-25(10,11)21(5,6)7)19-14-12-18(13-15-19)16-22-24(8,9)20(2,3)4/h12-15,17H,16H2,1-11H3. The molecule has 0 fully saturated rings. The van der Waals surface area contributed by atoms with Crippen molar-refractivity contribution in [1.82, 2.24) is 0 Å². The zero-order valence-electron chi connectivity index (χ0n) is 18.4. The van der Waals surface area contributed by atoms with Crippen LogP contribution < -0.4 is 0 Å². The Morgan fingerprint density at radius 2 is 1.24 bits per heavy atom. The van der Waals surface area contributed by atoms with Gasteiger partial charge in [0.25, 0.3) is 0 Å². The highest BCUT2D eigenvalue weighted by Gasteiger charge is 2.39. The molecule has 0 aromatic heterocycles. The van der Waals surface area contributed by atoms with E-state index < -0.39 is 16.6 Å². The first-order valence-electron chi connectivity index (χ1n) is 9.47. The molecule has 0 N–H and O–H groups in total. The SMILES string of the molecule is CC(O[Si](C)(C)C(C)(C)C)c1ccc(CO[Si](C)(C)C(C)(C)C)cc1. The third-order valence-corrected chi connectivity index (χ3v) is 15.2. The Hall–Kier alpha value is -0.426. The Kier molecular flexibility index (Phi) is 6.94. The van der Waals surface area contributed by atoms with Gasteiger partial charge in [0.1, 0.15) is 0 Å². The monoisotopic (exact) mass is 380 g/mol. The Labute approximate surface area is 158 Å². The van der Waals surface area contributed by atoms with Gasteiger partial charge < -0.3 is 8.85 Å². The minimum absolute atomic E-state index is 0.135. The van der Waals surface area contributed by atoms with Crippen molar-refractivity contribution in [3.05, 3.63) is 35.4 Å². The lowest BCUT2D eigenvalue weighted by atomic mass is 10.1. The molecule has 144 valence electrons. The molecule has 0 amide bonds. The molecule has 2 nitrogen and oxygen atoms in total. The highest BCUT2D eigenvalue weighted by molar-refractivity contribution is 6.74. The Balaban J connectivity index is 2.74. The molecular formula is C21H40O2Si2. The van der Waals surface area contributed by atoms with E-state index in [1.165, 1.54) is 11.1 Å². The van der Waals surface area contributed by atoms with Gasteiger partial charge in [0, 0.05) is 0 Å². The topological polar surface area (TPSA) is 18.5 Å².